The molecule has 6 heteroatoms. The summed E-state index contributed by atoms with van der Waals surface area (Å²) < 4.78 is 1.87. The predicted molar refractivity (Wildman–Crippen MR) is 80.7 cm³/mol. The van der Waals surface area contributed by atoms with Gasteiger partial charge < -0.3 is 5.11 Å². The second-order valence-corrected chi connectivity index (χ2v) is 5.68. The molecule has 106 valence electrons. The van der Waals surface area contributed by atoms with Crippen molar-refractivity contribution in [1.29, 1.82) is 0 Å². The lowest BCUT2D eigenvalue weighted by Gasteiger charge is -2.04. The molecule has 0 fully saturated rings. The average Bonchev–Trinajstić information content (AvgIpc) is 2.89. The Morgan fingerprint density at radius 2 is 2.29 bits per heavy atom. The molecule has 0 unspecified atom stereocenters. The van der Waals surface area contributed by atoms with Crippen LogP contribution in [0.5, 0.6) is 0 Å². The molecule has 0 saturated carbocycles. The first-order valence-corrected chi connectivity index (χ1v) is 7.37. The van der Waals surface area contributed by atoms with Crippen LogP contribution in [0, 0.1) is 6.92 Å². The van der Waals surface area contributed by atoms with Gasteiger partial charge in [-0.1, -0.05) is 6.07 Å². The summed E-state index contributed by atoms with van der Waals surface area (Å²) in [6, 6.07) is 7.32. The van der Waals surface area contributed by atoms with Crippen LogP contribution in [-0.2, 0) is 5.75 Å². The Labute approximate surface area is 125 Å². The monoisotopic (exact) mass is 299 g/mol. The first-order chi connectivity index (χ1) is 10.1. The van der Waals surface area contributed by atoms with Gasteiger partial charge in [0.1, 0.15) is 0 Å². The van der Waals surface area contributed by atoms with Crippen molar-refractivity contribution < 1.29 is 9.90 Å². The van der Waals surface area contributed by atoms with Crippen molar-refractivity contribution in [2.75, 3.05) is 0 Å². The fourth-order valence-electron chi connectivity index (χ4n) is 2.03. The van der Waals surface area contributed by atoms with Gasteiger partial charge in [-0.3, -0.25) is 4.40 Å². The number of carboxylic acids is 1. The molecule has 1 aromatic carbocycles. The van der Waals surface area contributed by atoms with E-state index in [1.54, 1.807) is 30.9 Å². The highest BCUT2D eigenvalue weighted by Gasteiger charge is 2.09. The Bertz CT molecular complexity index is 781. The minimum absolute atomic E-state index is 0.344. The summed E-state index contributed by atoms with van der Waals surface area (Å²) in [5.74, 6) is 0.445. The van der Waals surface area contributed by atoms with Gasteiger partial charge in [-0.2, -0.15) is 0 Å². The van der Waals surface area contributed by atoms with Gasteiger partial charge in [0.15, 0.2) is 0 Å². The van der Waals surface area contributed by atoms with Crippen molar-refractivity contribution >= 4 is 23.5 Å². The molecule has 2 aromatic heterocycles. The molecule has 2 heterocycles. The largest absolute Gasteiger partial charge is 0.478 e. The summed E-state index contributed by atoms with van der Waals surface area (Å²) in [4.78, 5) is 20.6. The molecule has 0 aliphatic rings. The van der Waals surface area contributed by atoms with E-state index in [1.165, 1.54) is 0 Å². The van der Waals surface area contributed by atoms with Crippen LogP contribution in [0.25, 0.3) is 5.78 Å². The highest BCUT2D eigenvalue weighted by molar-refractivity contribution is 7.98. The molecule has 0 atom stereocenters. The first kappa shape index (κ1) is 13.6. The molecule has 0 spiro atoms. The van der Waals surface area contributed by atoms with Gasteiger partial charge >= 0.3 is 5.97 Å². The van der Waals surface area contributed by atoms with Gasteiger partial charge in [0.2, 0.25) is 5.78 Å². The van der Waals surface area contributed by atoms with E-state index in [0.29, 0.717) is 17.1 Å². The lowest BCUT2D eigenvalue weighted by atomic mass is 10.1. The highest BCUT2D eigenvalue weighted by atomic mass is 32.2. The Hall–Kier alpha value is -2.34. The van der Waals surface area contributed by atoms with E-state index >= 15 is 0 Å². The van der Waals surface area contributed by atoms with Gasteiger partial charge in [-0.15, -0.1) is 11.8 Å². The third-order valence-corrected chi connectivity index (χ3v) is 4.14. The molecule has 0 radical (unpaired) electrons. The van der Waals surface area contributed by atoms with E-state index in [9.17, 15) is 4.79 Å². The number of aromatic nitrogens is 3. The topological polar surface area (TPSA) is 67.5 Å². The lowest BCUT2D eigenvalue weighted by molar-refractivity contribution is 0.0696. The molecular formula is C15H13N3O2S. The Balaban J connectivity index is 1.78. The maximum absolute atomic E-state index is 11.1. The van der Waals surface area contributed by atoms with Crippen molar-refractivity contribution in [2.24, 2.45) is 0 Å². The van der Waals surface area contributed by atoms with Crippen LogP contribution >= 0.6 is 11.8 Å². The number of carbonyl (C=O) groups is 1. The molecule has 1 N–H and O–H groups in total. The van der Waals surface area contributed by atoms with Crippen LogP contribution in [-0.4, -0.2) is 25.4 Å². The number of imidazole rings is 1. The molecule has 0 aliphatic carbocycles. The molecule has 0 saturated heterocycles. The smallest absolute Gasteiger partial charge is 0.335 e. The molecule has 0 amide bonds. The highest BCUT2D eigenvalue weighted by Crippen LogP contribution is 2.24. The van der Waals surface area contributed by atoms with Crippen LogP contribution in [0.3, 0.4) is 0 Å². The van der Waals surface area contributed by atoms with E-state index < -0.39 is 5.97 Å². The third kappa shape index (κ3) is 2.90. The zero-order chi connectivity index (χ0) is 14.8. The second kappa shape index (κ2) is 5.57. The Morgan fingerprint density at radius 3 is 3.05 bits per heavy atom. The predicted octanol–water partition coefficient (Wildman–Crippen LogP) is 3.03. The number of benzene rings is 1. The van der Waals surface area contributed by atoms with Gasteiger partial charge in [-0.05, 0) is 30.7 Å². The standard InChI is InChI=1S/C15H13N3O2S/c1-10-3-4-12(7-13(10)14(19)20)21-9-11-8-18-6-2-5-16-15(18)17-11/h2-8H,9H2,1H3,(H,19,20). The van der Waals surface area contributed by atoms with E-state index in [0.717, 1.165) is 16.2 Å². The lowest BCUT2D eigenvalue weighted by Crippen LogP contribution is -1.99. The number of aryl methyl sites for hydroxylation is 1. The maximum Gasteiger partial charge on any atom is 0.335 e. The molecule has 0 bridgehead atoms. The summed E-state index contributed by atoms with van der Waals surface area (Å²) in [7, 11) is 0. The van der Waals surface area contributed by atoms with Crippen molar-refractivity contribution in [3.63, 3.8) is 0 Å². The minimum atomic E-state index is -0.896. The second-order valence-electron chi connectivity index (χ2n) is 4.63. The van der Waals surface area contributed by atoms with E-state index in [2.05, 4.69) is 9.97 Å². The van der Waals surface area contributed by atoms with Crippen LogP contribution in [0.1, 0.15) is 21.6 Å². The van der Waals surface area contributed by atoms with E-state index in [-0.39, 0.29) is 0 Å². The maximum atomic E-state index is 11.1. The normalized spacial score (nSPS) is 10.9. The van der Waals surface area contributed by atoms with Crippen molar-refractivity contribution in [1.82, 2.24) is 14.4 Å². The first-order valence-electron chi connectivity index (χ1n) is 6.39. The van der Waals surface area contributed by atoms with Gasteiger partial charge in [-0.25, -0.2) is 14.8 Å². The number of fused-ring (bicyclic) bond motifs is 1. The van der Waals surface area contributed by atoms with Crippen molar-refractivity contribution in [3.05, 3.63) is 59.7 Å². The molecule has 21 heavy (non-hydrogen) atoms. The van der Waals surface area contributed by atoms with Crippen LogP contribution in [0.2, 0.25) is 0 Å². The van der Waals surface area contributed by atoms with E-state index in [4.69, 9.17) is 5.11 Å². The van der Waals surface area contributed by atoms with Crippen LogP contribution in [0.15, 0.2) is 47.8 Å². The quantitative estimate of drug-likeness (QED) is 0.750. The fraction of sp³-hybridized carbons (Fsp3) is 0.133. The average molecular weight is 299 g/mol. The summed E-state index contributed by atoms with van der Waals surface area (Å²) in [5, 5.41) is 9.14. The summed E-state index contributed by atoms with van der Waals surface area (Å²) >= 11 is 1.56. The fourth-order valence-corrected chi connectivity index (χ4v) is 2.85. The number of carboxylic acid groups (broad SMARTS) is 1. The Morgan fingerprint density at radius 1 is 1.43 bits per heavy atom. The van der Waals surface area contributed by atoms with Gasteiger partial charge in [0.05, 0.1) is 11.3 Å². The van der Waals surface area contributed by atoms with Crippen molar-refractivity contribution in [3.8, 4) is 0 Å². The van der Waals surface area contributed by atoms with Gasteiger partial charge in [0.25, 0.3) is 0 Å². The minimum Gasteiger partial charge on any atom is -0.478 e. The number of thioether (sulfide) groups is 1. The number of hydrogen-bond acceptors (Lipinski definition) is 4. The SMILES string of the molecule is Cc1ccc(SCc2cn3cccnc3n2)cc1C(=O)O. The van der Waals surface area contributed by atoms with Crippen LogP contribution in [0.4, 0.5) is 0 Å². The summed E-state index contributed by atoms with van der Waals surface area (Å²) in [6.07, 6.45) is 5.54. The Kier molecular flexibility index (Phi) is 3.62. The zero-order valence-corrected chi connectivity index (χ0v) is 12.2. The van der Waals surface area contributed by atoms with Crippen LogP contribution < -0.4 is 0 Å². The third-order valence-electron chi connectivity index (χ3n) is 3.11. The van der Waals surface area contributed by atoms with Gasteiger partial charge in [0, 0.05) is 29.2 Å². The van der Waals surface area contributed by atoms with E-state index in [1.807, 2.05) is 35.0 Å². The molecule has 5 nitrogen and oxygen atoms in total. The zero-order valence-electron chi connectivity index (χ0n) is 11.4. The molecule has 0 aliphatic heterocycles. The number of hydrogen-bond donors (Lipinski definition) is 1. The number of rotatable bonds is 4. The molecular weight excluding hydrogens is 286 g/mol. The summed E-state index contributed by atoms with van der Waals surface area (Å²) in [5.41, 5.74) is 2.02. The van der Waals surface area contributed by atoms with Crippen molar-refractivity contribution in [2.45, 2.75) is 17.6 Å². The summed E-state index contributed by atoms with van der Waals surface area (Å²) in [6.45, 7) is 1.80. The molecule has 3 aromatic rings. The molecule has 3 rings (SSSR count). The number of aromatic carboxylic acids is 1. The number of nitrogens with zero attached hydrogens (tertiary/aromatic N) is 3.